The molecule has 0 aromatic heterocycles. The van der Waals surface area contributed by atoms with E-state index in [4.69, 9.17) is 0 Å². The van der Waals surface area contributed by atoms with Crippen molar-refractivity contribution in [2.24, 2.45) is 4.99 Å². The first-order chi connectivity index (χ1) is 14.2. The first-order valence-electron chi connectivity index (χ1n) is 9.67. The summed E-state index contributed by atoms with van der Waals surface area (Å²) < 4.78 is 27.1. The zero-order chi connectivity index (χ0) is 22.7. The molecule has 0 unspecified atom stereocenters. The van der Waals surface area contributed by atoms with E-state index in [0.29, 0.717) is 25.6 Å². The Morgan fingerprint density at radius 2 is 1.90 bits per heavy atom. The van der Waals surface area contributed by atoms with Crippen LogP contribution < -0.4 is 10.0 Å². The Bertz CT molecular complexity index is 854. The zero-order valence-corrected chi connectivity index (χ0v) is 18.6. The quantitative estimate of drug-likeness (QED) is 0.169. The zero-order valence-electron chi connectivity index (χ0n) is 17.8. The summed E-state index contributed by atoms with van der Waals surface area (Å²) in [7, 11) is -2.17. The number of carbonyl (C=O) groups excluding carboxylic acids is 1. The van der Waals surface area contributed by atoms with Crippen LogP contribution in [-0.4, -0.2) is 81.3 Å². The highest BCUT2D eigenvalue weighted by Gasteiger charge is 2.18. The van der Waals surface area contributed by atoms with Crippen LogP contribution in [0.3, 0.4) is 0 Å². The predicted molar refractivity (Wildman–Crippen MR) is 115 cm³/mol. The van der Waals surface area contributed by atoms with Crippen LogP contribution in [0.15, 0.2) is 34.2 Å². The fraction of sp³-hybridized carbons (Fsp3) is 0.556. The molecule has 0 heterocycles. The molecule has 1 aromatic rings. The number of likely N-dealkylation sites (N-methyl/N-ethyl adjacent to an activating group) is 2. The number of non-ortho nitro benzene ring substituents is 1. The number of rotatable bonds is 11. The molecular formula is C18H30N6O5S. The number of hydrogen-bond donors (Lipinski definition) is 2. The number of guanidine groups is 1. The van der Waals surface area contributed by atoms with E-state index >= 15 is 0 Å². The van der Waals surface area contributed by atoms with Gasteiger partial charge in [-0.1, -0.05) is 6.07 Å². The van der Waals surface area contributed by atoms with Gasteiger partial charge in [-0.05, 0) is 26.8 Å². The highest BCUT2D eigenvalue weighted by atomic mass is 32.2. The molecule has 0 aliphatic rings. The molecule has 0 radical (unpaired) electrons. The average Bonchev–Trinajstić information content (AvgIpc) is 2.71. The van der Waals surface area contributed by atoms with Crippen LogP contribution in [0.4, 0.5) is 5.69 Å². The largest absolute Gasteiger partial charge is 0.357 e. The van der Waals surface area contributed by atoms with E-state index in [1.54, 1.807) is 16.8 Å². The lowest BCUT2D eigenvalue weighted by Gasteiger charge is -2.25. The monoisotopic (exact) mass is 442 g/mol. The van der Waals surface area contributed by atoms with E-state index in [9.17, 15) is 23.3 Å². The van der Waals surface area contributed by atoms with Crippen molar-refractivity contribution in [2.45, 2.75) is 25.7 Å². The van der Waals surface area contributed by atoms with Gasteiger partial charge in [0, 0.05) is 45.4 Å². The highest BCUT2D eigenvalue weighted by Crippen LogP contribution is 2.16. The summed E-state index contributed by atoms with van der Waals surface area (Å²) in [5, 5.41) is 13.9. The lowest BCUT2D eigenvalue weighted by molar-refractivity contribution is -0.385. The van der Waals surface area contributed by atoms with E-state index in [2.05, 4.69) is 15.0 Å². The van der Waals surface area contributed by atoms with Crippen LogP contribution in [0.1, 0.15) is 20.8 Å². The second-order valence-corrected chi connectivity index (χ2v) is 8.08. The van der Waals surface area contributed by atoms with Gasteiger partial charge in [-0.2, -0.15) is 0 Å². The molecule has 1 amide bonds. The van der Waals surface area contributed by atoms with Crippen LogP contribution in [0.5, 0.6) is 0 Å². The summed E-state index contributed by atoms with van der Waals surface area (Å²) >= 11 is 0. The minimum atomic E-state index is -3.90. The molecule has 1 rings (SSSR count). The number of carbonyl (C=O) groups is 1. The molecule has 0 atom stereocenters. The molecule has 1 aromatic carbocycles. The Morgan fingerprint density at radius 3 is 2.47 bits per heavy atom. The second kappa shape index (κ2) is 12.1. The molecule has 2 N–H and O–H groups in total. The van der Waals surface area contributed by atoms with Crippen molar-refractivity contribution < 1.29 is 18.1 Å². The first-order valence-corrected chi connectivity index (χ1v) is 11.2. The maximum absolute atomic E-state index is 12.3. The Labute approximate surface area is 177 Å². The Kier molecular flexibility index (Phi) is 10.2. The van der Waals surface area contributed by atoms with Gasteiger partial charge in [0.2, 0.25) is 15.9 Å². The van der Waals surface area contributed by atoms with Crippen LogP contribution in [0, 0.1) is 10.1 Å². The van der Waals surface area contributed by atoms with Gasteiger partial charge in [0.1, 0.15) is 0 Å². The summed E-state index contributed by atoms with van der Waals surface area (Å²) in [5.41, 5.74) is -0.301. The van der Waals surface area contributed by atoms with Crippen molar-refractivity contribution in [2.75, 3.05) is 46.3 Å². The number of sulfonamides is 1. The van der Waals surface area contributed by atoms with Gasteiger partial charge in [0.25, 0.3) is 5.69 Å². The fourth-order valence-electron chi connectivity index (χ4n) is 2.61. The van der Waals surface area contributed by atoms with Crippen molar-refractivity contribution >= 4 is 27.6 Å². The minimum absolute atomic E-state index is 0.00223. The molecule has 0 fully saturated rings. The van der Waals surface area contributed by atoms with Gasteiger partial charge >= 0.3 is 0 Å². The van der Waals surface area contributed by atoms with Gasteiger partial charge in [0.05, 0.1) is 22.9 Å². The van der Waals surface area contributed by atoms with Crippen LogP contribution in [-0.2, 0) is 14.8 Å². The molecule has 0 aliphatic heterocycles. The van der Waals surface area contributed by atoms with E-state index in [1.807, 2.05) is 20.8 Å². The fourth-order valence-corrected chi connectivity index (χ4v) is 3.67. The normalized spacial score (nSPS) is 11.8. The number of aliphatic imine (C=N–C) groups is 1. The second-order valence-electron chi connectivity index (χ2n) is 6.31. The number of nitro groups is 1. The third-order valence-electron chi connectivity index (χ3n) is 4.19. The predicted octanol–water partition coefficient (Wildman–Crippen LogP) is 0.639. The van der Waals surface area contributed by atoms with Crippen molar-refractivity contribution in [3.63, 3.8) is 0 Å². The molecule has 12 heteroatoms. The molecule has 0 spiro atoms. The number of nitro benzene ring substituents is 1. The number of nitrogens with one attached hydrogen (secondary N) is 2. The summed E-state index contributed by atoms with van der Waals surface area (Å²) in [4.78, 5) is 30.0. The van der Waals surface area contributed by atoms with Crippen LogP contribution in [0.25, 0.3) is 0 Å². The highest BCUT2D eigenvalue weighted by molar-refractivity contribution is 7.89. The molecule has 0 saturated heterocycles. The summed E-state index contributed by atoms with van der Waals surface area (Å²) in [6.45, 7) is 7.81. The number of amides is 1. The SMILES string of the molecule is CCNC(=NCCNS(=O)(=O)c1cccc([N+](=O)[O-])c1)N(C)CC(=O)N(CC)CC. The van der Waals surface area contributed by atoms with Gasteiger partial charge in [-0.15, -0.1) is 0 Å². The van der Waals surface area contributed by atoms with E-state index in [-0.39, 0.29) is 36.1 Å². The Balaban J connectivity index is 2.74. The van der Waals surface area contributed by atoms with E-state index in [0.717, 1.165) is 6.07 Å². The molecule has 0 bridgehead atoms. The number of nitrogens with zero attached hydrogens (tertiary/aromatic N) is 4. The molecule has 30 heavy (non-hydrogen) atoms. The maximum atomic E-state index is 12.3. The lowest BCUT2D eigenvalue weighted by atomic mass is 10.3. The molecule has 11 nitrogen and oxygen atoms in total. The van der Waals surface area contributed by atoms with Gasteiger partial charge in [-0.3, -0.25) is 19.9 Å². The summed E-state index contributed by atoms with van der Waals surface area (Å²) in [6.07, 6.45) is 0. The van der Waals surface area contributed by atoms with Crippen molar-refractivity contribution in [1.82, 2.24) is 19.8 Å². The third-order valence-corrected chi connectivity index (χ3v) is 5.65. The number of benzene rings is 1. The smallest absolute Gasteiger partial charge is 0.270 e. The van der Waals surface area contributed by atoms with Crippen LogP contribution >= 0.6 is 0 Å². The van der Waals surface area contributed by atoms with Gasteiger partial charge in [0.15, 0.2) is 5.96 Å². The van der Waals surface area contributed by atoms with Crippen molar-refractivity contribution in [3.8, 4) is 0 Å². The third kappa shape index (κ3) is 7.59. The molecule has 0 aliphatic carbocycles. The number of hydrogen-bond acceptors (Lipinski definition) is 6. The first kappa shape index (κ1) is 25.3. The van der Waals surface area contributed by atoms with E-state index < -0.39 is 14.9 Å². The van der Waals surface area contributed by atoms with E-state index in [1.165, 1.54) is 18.2 Å². The van der Waals surface area contributed by atoms with Crippen molar-refractivity contribution in [3.05, 3.63) is 34.4 Å². The maximum Gasteiger partial charge on any atom is 0.270 e. The topological polar surface area (TPSA) is 137 Å². The van der Waals surface area contributed by atoms with Gasteiger partial charge < -0.3 is 15.1 Å². The van der Waals surface area contributed by atoms with Crippen LogP contribution in [0.2, 0.25) is 0 Å². The summed E-state index contributed by atoms with van der Waals surface area (Å²) in [6, 6.07) is 4.83. The van der Waals surface area contributed by atoms with Crippen molar-refractivity contribution in [1.29, 1.82) is 0 Å². The average molecular weight is 443 g/mol. The standard InChI is InChI=1S/C18H30N6O5S/c1-5-19-18(22(4)14-17(25)23(6-2)7-3)20-11-12-21-30(28,29)16-10-8-9-15(13-16)24(26)27/h8-10,13,21H,5-7,11-12,14H2,1-4H3,(H,19,20). The minimum Gasteiger partial charge on any atom is -0.357 e. The molecule has 168 valence electrons. The van der Waals surface area contributed by atoms with Gasteiger partial charge in [-0.25, -0.2) is 13.1 Å². The Hall–Kier alpha value is -2.73. The molecular weight excluding hydrogens is 412 g/mol. The summed E-state index contributed by atoms with van der Waals surface area (Å²) in [5.74, 6) is 0.451. The lowest BCUT2D eigenvalue weighted by Crippen LogP contribution is -2.46. The molecule has 0 saturated carbocycles. The Morgan fingerprint density at radius 1 is 1.23 bits per heavy atom.